The van der Waals surface area contributed by atoms with Crippen molar-refractivity contribution in [2.75, 3.05) is 6.61 Å². The summed E-state index contributed by atoms with van der Waals surface area (Å²) < 4.78 is 21.9. The van der Waals surface area contributed by atoms with E-state index in [-0.39, 0.29) is 36.8 Å². The highest BCUT2D eigenvalue weighted by Gasteiger charge is 2.18. The number of nitrogens with zero attached hydrogens (tertiary/aromatic N) is 1. The lowest BCUT2D eigenvalue weighted by atomic mass is 10.0. The second-order valence-electron chi connectivity index (χ2n) is 8.78. The Kier molecular flexibility index (Phi) is 6.98. The number of rotatable bonds is 8. The number of aliphatic hydroxyl groups excluding tert-OH is 1. The minimum absolute atomic E-state index is 0.0732. The maximum atomic E-state index is 14.8. The number of aromatic nitrogens is 1. The van der Waals surface area contributed by atoms with E-state index in [9.17, 15) is 19.4 Å². The van der Waals surface area contributed by atoms with Crippen LogP contribution in [-0.4, -0.2) is 33.5 Å². The second kappa shape index (κ2) is 10.1. The number of phenols is 1. The van der Waals surface area contributed by atoms with Gasteiger partial charge in [-0.3, -0.25) is 0 Å². The van der Waals surface area contributed by atoms with Crippen molar-refractivity contribution >= 4 is 16.9 Å². The number of carbonyl (C=O) groups excluding carboxylic acids is 1. The molecule has 1 unspecified atom stereocenters. The maximum absolute atomic E-state index is 14.8. The van der Waals surface area contributed by atoms with Crippen LogP contribution in [0, 0.1) is 5.82 Å². The van der Waals surface area contributed by atoms with Crippen LogP contribution in [0.15, 0.2) is 72.9 Å². The molecule has 0 spiro atoms. The number of ether oxygens (including phenoxy) is 1. The van der Waals surface area contributed by atoms with Crippen LogP contribution in [0.5, 0.6) is 5.75 Å². The minimum atomic E-state index is -0.901. The molecule has 1 heterocycles. The number of hydrogen-bond acceptors (Lipinski definition) is 4. The Balaban J connectivity index is 1.53. The molecule has 0 saturated carbocycles. The van der Waals surface area contributed by atoms with E-state index in [2.05, 4.69) is 0 Å². The van der Waals surface area contributed by atoms with Crippen LogP contribution in [0.3, 0.4) is 0 Å². The Bertz CT molecular complexity index is 1270. The van der Waals surface area contributed by atoms with Crippen LogP contribution in [-0.2, 0) is 17.7 Å². The number of hydrogen-bond donors (Lipinski definition) is 2. The summed E-state index contributed by atoms with van der Waals surface area (Å²) in [7, 11) is 0. The van der Waals surface area contributed by atoms with Gasteiger partial charge in [0.2, 0.25) is 0 Å². The molecule has 0 bridgehead atoms. The zero-order chi connectivity index (χ0) is 24.2. The smallest absolute Gasteiger partial charge is 0.338 e. The molecule has 34 heavy (non-hydrogen) atoms. The van der Waals surface area contributed by atoms with E-state index in [1.165, 1.54) is 6.07 Å². The van der Waals surface area contributed by atoms with Crippen LogP contribution >= 0.6 is 0 Å². The number of benzene rings is 3. The third-order valence-electron chi connectivity index (χ3n) is 5.93. The number of fused-ring (bicyclic) bond motifs is 1. The van der Waals surface area contributed by atoms with Crippen molar-refractivity contribution in [1.82, 2.24) is 4.57 Å². The zero-order valence-corrected chi connectivity index (χ0v) is 19.2. The Morgan fingerprint density at radius 2 is 1.76 bits per heavy atom. The van der Waals surface area contributed by atoms with Crippen molar-refractivity contribution in [2.24, 2.45) is 0 Å². The van der Waals surface area contributed by atoms with Crippen LogP contribution < -0.4 is 0 Å². The first-order valence-corrected chi connectivity index (χ1v) is 11.3. The molecule has 0 saturated heterocycles. The highest BCUT2D eigenvalue weighted by molar-refractivity contribution is 5.89. The van der Waals surface area contributed by atoms with E-state index < -0.39 is 17.9 Å². The molecule has 176 valence electrons. The van der Waals surface area contributed by atoms with Gasteiger partial charge in [-0.15, -0.1) is 0 Å². The van der Waals surface area contributed by atoms with Crippen molar-refractivity contribution in [1.29, 1.82) is 0 Å². The molecule has 1 atom stereocenters. The average molecular weight is 462 g/mol. The summed E-state index contributed by atoms with van der Waals surface area (Å²) in [5.74, 6) is -0.907. The molecule has 4 rings (SSSR count). The number of aromatic hydroxyl groups is 1. The lowest BCUT2D eigenvalue weighted by molar-refractivity contribution is 0.0259. The molecule has 5 nitrogen and oxygen atoms in total. The standard InChI is InChI=1S/C28H28FNO4/c1-18(2)20-13-25(29)24(27(32)14-20)16-30-15-21(23-10-6-7-11-26(23)30)12-22(31)17-34-28(33)19-8-4-3-5-9-19/h3-11,13-15,18,22,31-32H,12,16-17H2,1-2H3. The number of phenolic OH excluding ortho intramolecular Hbond substituents is 1. The van der Waals surface area contributed by atoms with E-state index in [0.29, 0.717) is 5.56 Å². The lowest BCUT2D eigenvalue weighted by Crippen LogP contribution is -2.20. The van der Waals surface area contributed by atoms with Gasteiger partial charge in [-0.05, 0) is 47.4 Å². The molecule has 0 aliphatic carbocycles. The molecule has 2 N–H and O–H groups in total. The van der Waals surface area contributed by atoms with E-state index in [1.807, 2.05) is 54.9 Å². The van der Waals surface area contributed by atoms with Gasteiger partial charge in [-0.25, -0.2) is 9.18 Å². The molecule has 0 aliphatic heterocycles. The van der Waals surface area contributed by atoms with Crippen LogP contribution in [0.1, 0.15) is 46.8 Å². The van der Waals surface area contributed by atoms with Gasteiger partial charge in [0.15, 0.2) is 0 Å². The Labute approximate surface area is 198 Å². The predicted molar refractivity (Wildman–Crippen MR) is 130 cm³/mol. The maximum Gasteiger partial charge on any atom is 0.338 e. The minimum Gasteiger partial charge on any atom is -0.507 e. The van der Waals surface area contributed by atoms with Crippen molar-refractivity contribution in [3.8, 4) is 5.75 Å². The molecule has 4 aromatic rings. The summed E-state index contributed by atoms with van der Waals surface area (Å²) >= 11 is 0. The summed E-state index contributed by atoms with van der Waals surface area (Å²) in [4.78, 5) is 12.2. The first-order chi connectivity index (χ1) is 16.3. The highest BCUT2D eigenvalue weighted by atomic mass is 19.1. The second-order valence-corrected chi connectivity index (χ2v) is 8.78. The molecule has 3 aromatic carbocycles. The third kappa shape index (κ3) is 5.13. The quantitative estimate of drug-likeness (QED) is 0.344. The largest absolute Gasteiger partial charge is 0.507 e. The molecule has 0 fully saturated rings. The van der Waals surface area contributed by atoms with Gasteiger partial charge < -0.3 is 19.5 Å². The summed E-state index contributed by atoms with van der Waals surface area (Å²) in [6.45, 7) is 3.90. The fourth-order valence-electron chi connectivity index (χ4n) is 4.06. The van der Waals surface area contributed by atoms with Gasteiger partial charge >= 0.3 is 5.97 Å². The van der Waals surface area contributed by atoms with Gasteiger partial charge in [-0.2, -0.15) is 0 Å². The number of esters is 1. The summed E-state index contributed by atoms with van der Waals surface area (Å²) in [6.07, 6.45) is 1.21. The number of aliphatic hydroxyl groups is 1. The number of para-hydroxylation sites is 1. The van der Waals surface area contributed by atoms with Crippen LogP contribution in [0.2, 0.25) is 0 Å². The molecular formula is C28H28FNO4. The summed E-state index contributed by atoms with van der Waals surface area (Å²) in [5, 5.41) is 21.9. The van der Waals surface area contributed by atoms with E-state index in [4.69, 9.17) is 4.74 Å². The monoisotopic (exact) mass is 461 g/mol. The van der Waals surface area contributed by atoms with Gasteiger partial charge in [0.25, 0.3) is 0 Å². The average Bonchev–Trinajstić information content (AvgIpc) is 3.17. The molecule has 0 aliphatic rings. The zero-order valence-electron chi connectivity index (χ0n) is 19.2. The Morgan fingerprint density at radius 1 is 1.06 bits per heavy atom. The highest BCUT2D eigenvalue weighted by Crippen LogP contribution is 2.30. The van der Waals surface area contributed by atoms with E-state index >= 15 is 0 Å². The topological polar surface area (TPSA) is 71.7 Å². The van der Waals surface area contributed by atoms with Crippen molar-refractivity contribution < 1.29 is 24.1 Å². The van der Waals surface area contributed by atoms with Gasteiger partial charge in [0.1, 0.15) is 18.2 Å². The van der Waals surface area contributed by atoms with E-state index in [1.54, 1.807) is 30.3 Å². The van der Waals surface area contributed by atoms with Gasteiger partial charge in [-0.1, -0.05) is 50.2 Å². The predicted octanol–water partition coefficient (Wildman–Crippen LogP) is 5.42. The molecular weight excluding hydrogens is 433 g/mol. The van der Waals surface area contributed by atoms with Gasteiger partial charge in [0, 0.05) is 29.1 Å². The Hall–Kier alpha value is -3.64. The first kappa shape index (κ1) is 23.5. The lowest BCUT2D eigenvalue weighted by Gasteiger charge is -2.13. The molecule has 6 heteroatoms. The van der Waals surface area contributed by atoms with Crippen molar-refractivity contribution in [3.05, 3.63) is 101 Å². The van der Waals surface area contributed by atoms with Crippen molar-refractivity contribution in [2.45, 2.75) is 38.8 Å². The molecule has 0 amide bonds. The summed E-state index contributed by atoms with van der Waals surface area (Å²) in [6, 6.07) is 19.3. The normalized spacial score (nSPS) is 12.3. The molecule has 1 aromatic heterocycles. The SMILES string of the molecule is CC(C)c1cc(O)c(Cn2cc(CC(O)COC(=O)c3ccccc3)c3ccccc32)c(F)c1. The third-order valence-corrected chi connectivity index (χ3v) is 5.93. The fraction of sp³-hybridized carbons (Fsp3) is 0.250. The molecule has 0 radical (unpaired) electrons. The number of carbonyl (C=O) groups is 1. The first-order valence-electron chi connectivity index (χ1n) is 11.3. The van der Waals surface area contributed by atoms with Crippen molar-refractivity contribution in [3.63, 3.8) is 0 Å². The summed E-state index contributed by atoms with van der Waals surface area (Å²) in [5.41, 5.74) is 3.09. The number of halogens is 1. The van der Waals surface area contributed by atoms with Crippen LogP contribution in [0.4, 0.5) is 4.39 Å². The fourth-order valence-corrected chi connectivity index (χ4v) is 4.06. The Morgan fingerprint density at radius 3 is 2.47 bits per heavy atom. The van der Waals surface area contributed by atoms with Gasteiger partial charge in [0.05, 0.1) is 18.2 Å². The van der Waals surface area contributed by atoms with Crippen LogP contribution in [0.25, 0.3) is 10.9 Å². The van der Waals surface area contributed by atoms with E-state index in [0.717, 1.165) is 22.0 Å².